The Balaban J connectivity index is 2.00. The third-order valence-corrected chi connectivity index (χ3v) is 2.81. The van der Waals surface area contributed by atoms with Crippen molar-refractivity contribution in [3.05, 3.63) is 66.0 Å². The molecule has 3 nitrogen and oxygen atoms in total. The largest absolute Gasteiger partial charge is 0.329 e. The normalized spacial score (nSPS) is 10.8. The average Bonchev–Trinajstić information content (AvgIpc) is 2.41. The minimum Gasteiger partial charge on any atom is -0.329 e. The van der Waals surface area contributed by atoms with Gasteiger partial charge in [0.05, 0.1) is 5.69 Å². The molecule has 0 saturated carbocycles. The SMILES string of the molecule is NCCN(Cc1ccccc1)Cc1ccccn1. The van der Waals surface area contributed by atoms with E-state index in [2.05, 4.69) is 40.2 Å². The number of hydrogen-bond acceptors (Lipinski definition) is 3. The van der Waals surface area contributed by atoms with Crippen molar-refractivity contribution in [2.45, 2.75) is 13.1 Å². The van der Waals surface area contributed by atoms with Gasteiger partial charge >= 0.3 is 0 Å². The molecule has 0 aliphatic rings. The molecule has 3 heteroatoms. The lowest BCUT2D eigenvalue weighted by Gasteiger charge is -2.21. The molecule has 1 heterocycles. The van der Waals surface area contributed by atoms with Crippen LogP contribution >= 0.6 is 0 Å². The quantitative estimate of drug-likeness (QED) is 0.841. The van der Waals surface area contributed by atoms with Crippen molar-refractivity contribution in [2.75, 3.05) is 13.1 Å². The van der Waals surface area contributed by atoms with Crippen LogP contribution in [0.15, 0.2) is 54.7 Å². The Morgan fingerprint density at radius 3 is 2.39 bits per heavy atom. The lowest BCUT2D eigenvalue weighted by atomic mass is 10.2. The molecule has 0 saturated heterocycles. The zero-order chi connectivity index (χ0) is 12.6. The summed E-state index contributed by atoms with van der Waals surface area (Å²) in [7, 11) is 0. The first-order valence-corrected chi connectivity index (χ1v) is 6.25. The van der Waals surface area contributed by atoms with Gasteiger partial charge in [-0.05, 0) is 17.7 Å². The second-order valence-electron chi connectivity index (χ2n) is 4.31. The molecular weight excluding hydrogens is 222 g/mol. The maximum atomic E-state index is 5.67. The summed E-state index contributed by atoms with van der Waals surface area (Å²) in [5, 5.41) is 0. The van der Waals surface area contributed by atoms with Crippen LogP contribution in [0.4, 0.5) is 0 Å². The Bertz CT molecular complexity index is 400. The highest BCUT2D eigenvalue weighted by atomic mass is 15.1. The zero-order valence-electron chi connectivity index (χ0n) is 10.5. The zero-order valence-corrected chi connectivity index (χ0v) is 10.5. The van der Waals surface area contributed by atoms with Crippen LogP contribution in [0.2, 0.25) is 0 Å². The smallest absolute Gasteiger partial charge is 0.0544 e. The molecule has 94 valence electrons. The van der Waals surface area contributed by atoms with Crippen LogP contribution in [0.25, 0.3) is 0 Å². The summed E-state index contributed by atoms with van der Waals surface area (Å²) in [4.78, 5) is 6.68. The molecule has 0 aliphatic heterocycles. The first-order chi connectivity index (χ1) is 8.88. The highest BCUT2D eigenvalue weighted by molar-refractivity contribution is 5.14. The highest BCUT2D eigenvalue weighted by Gasteiger charge is 2.06. The Labute approximate surface area is 108 Å². The minimum absolute atomic E-state index is 0.666. The standard InChI is InChI=1S/C15H19N3/c16-9-11-18(12-14-6-2-1-3-7-14)13-15-8-4-5-10-17-15/h1-8,10H,9,11-13,16H2. The molecule has 0 spiro atoms. The lowest BCUT2D eigenvalue weighted by Crippen LogP contribution is -2.29. The molecule has 0 bridgehead atoms. The van der Waals surface area contributed by atoms with Gasteiger partial charge in [-0.3, -0.25) is 9.88 Å². The van der Waals surface area contributed by atoms with E-state index < -0.39 is 0 Å². The van der Waals surface area contributed by atoms with Crippen LogP contribution in [0.1, 0.15) is 11.3 Å². The summed E-state index contributed by atoms with van der Waals surface area (Å²) >= 11 is 0. The minimum atomic E-state index is 0.666. The first-order valence-electron chi connectivity index (χ1n) is 6.25. The van der Waals surface area contributed by atoms with Gasteiger partial charge in [0.25, 0.3) is 0 Å². The monoisotopic (exact) mass is 241 g/mol. The predicted octanol–water partition coefficient (Wildman–Crippen LogP) is 2.04. The second kappa shape index (κ2) is 6.89. The van der Waals surface area contributed by atoms with Crippen LogP contribution in [-0.4, -0.2) is 23.0 Å². The molecule has 0 atom stereocenters. The first kappa shape index (κ1) is 12.7. The summed E-state index contributed by atoms with van der Waals surface area (Å²) in [6.45, 7) is 3.30. The predicted molar refractivity (Wildman–Crippen MR) is 73.8 cm³/mol. The summed E-state index contributed by atoms with van der Waals surface area (Å²) < 4.78 is 0. The van der Waals surface area contributed by atoms with Crippen molar-refractivity contribution in [2.24, 2.45) is 5.73 Å². The van der Waals surface area contributed by atoms with E-state index in [1.165, 1.54) is 5.56 Å². The average molecular weight is 241 g/mol. The van der Waals surface area contributed by atoms with Crippen molar-refractivity contribution in [3.8, 4) is 0 Å². The number of pyridine rings is 1. The third-order valence-electron chi connectivity index (χ3n) is 2.81. The molecule has 0 fully saturated rings. The molecule has 0 aliphatic carbocycles. The Morgan fingerprint density at radius 2 is 1.72 bits per heavy atom. The highest BCUT2D eigenvalue weighted by Crippen LogP contribution is 2.07. The summed E-state index contributed by atoms with van der Waals surface area (Å²) in [6, 6.07) is 16.5. The van der Waals surface area contributed by atoms with Gasteiger partial charge in [0.2, 0.25) is 0 Å². The molecule has 18 heavy (non-hydrogen) atoms. The van der Waals surface area contributed by atoms with Crippen molar-refractivity contribution in [3.63, 3.8) is 0 Å². The van der Waals surface area contributed by atoms with Gasteiger partial charge in [-0.1, -0.05) is 36.4 Å². The van der Waals surface area contributed by atoms with Crippen molar-refractivity contribution in [1.29, 1.82) is 0 Å². The van der Waals surface area contributed by atoms with Crippen molar-refractivity contribution >= 4 is 0 Å². The fourth-order valence-corrected chi connectivity index (χ4v) is 1.96. The molecule has 0 radical (unpaired) electrons. The maximum absolute atomic E-state index is 5.67. The fourth-order valence-electron chi connectivity index (χ4n) is 1.96. The van der Waals surface area contributed by atoms with Gasteiger partial charge in [0, 0.05) is 32.4 Å². The molecular formula is C15H19N3. The lowest BCUT2D eigenvalue weighted by molar-refractivity contribution is 0.261. The van der Waals surface area contributed by atoms with Crippen molar-refractivity contribution in [1.82, 2.24) is 9.88 Å². The molecule has 1 aromatic heterocycles. The third kappa shape index (κ3) is 3.95. The number of hydrogen-bond donors (Lipinski definition) is 1. The van der Waals surface area contributed by atoms with E-state index >= 15 is 0 Å². The van der Waals surface area contributed by atoms with Crippen LogP contribution in [0, 0.1) is 0 Å². The van der Waals surface area contributed by atoms with Gasteiger partial charge in [0.1, 0.15) is 0 Å². The van der Waals surface area contributed by atoms with E-state index in [9.17, 15) is 0 Å². The molecule has 0 amide bonds. The summed E-state index contributed by atoms with van der Waals surface area (Å²) in [5.74, 6) is 0. The van der Waals surface area contributed by atoms with Crippen LogP contribution in [-0.2, 0) is 13.1 Å². The topological polar surface area (TPSA) is 42.1 Å². The Morgan fingerprint density at radius 1 is 0.944 bits per heavy atom. The Hall–Kier alpha value is -1.71. The van der Waals surface area contributed by atoms with Crippen LogP contribution < -0.4 is 5.73 Å². The van der Waals surface area contributed by atoms with Gasteiger partial charge in [-0.2, -0.15) is 0 Å². The maximum Gasteiger partial charge on any atom is 0.0544 e. The van der Waals surface area contributed by atoms with Gasteiger partial charge in [0.15, 0.2) is 0 Å². The van der Waals surface area contributed by atoms with E-state index in [1.54, 1.807) is 0 Å². The summed E-state index contributed by atoms with van der Waals surface area (Å²) in [5.41, 5.74) is 8.07. The molecule has 2 N–H and O–H groups in total. The number of aromatic nitrogens is 1. The van der Waals surface area contributed by atoms with Gasteiger partial charge < -0.3 is 5.73 Å². The number of benzene rings is 1. The van der Waals surface area contributed by atoms with Gasteiger partial charge in [-0.15, -0.1) is 0 Å². The van der Waals surface area contributed by atoms with Gasteiger partial charge in [-0.25, -0.2) is 0 Å². The van der Waals surface area contributed by atoms with E-state index in [0.29, 0.717) is 6.54 Å². The molecule has 2 rings (SSSR count). The summed E-state index contributed by atoms with van der Waals surface area (Å²) in [6.07, 6.45) is 1.83. The van der Waals surface area contributed by atoms with Crippen LogP contribution in [0.5, 0.6) is 0 Å². The van der Waals surface area contributed by atoms with E-state index in [4.69, 9.17) is 5.73 Å². The number of nitrogens with two attached hydrogens (primary N) is 1. The Kier molecular flexibility index (Phi) is 4.88. The second-order valence-corrected chi connectivity index (χ2v) is 4.31. The van der Waals surface area contributed by atoms with E-state index in [1.807, 2.05) is 24.4 Å². The van der Waals surface area contributed by atoms with Crippen LogP contribution in [0.3, 0.4) is 0 Å². The fraction of sp³-hybridized carbons (Fsp3) is 0.267. The molecule has 1 aromatic carbocycles. The number of nitrogens with zero attached hydrogens (tertiary/aromatic N) is 2. The molecule has 0 unspecified atom stereocenters. The van der Waals surface area contributed by atoms with E-state index in [-0.39, 0.29) is 0 Å². The van der Waals surface area contributed by atoms with Crippen molar-refractivity contribution < 1.29 is 0 Å². The molecule has 2 aromatic rings. The number of rotatable bonds is 6. The van der Waals surface area contributed by atoms with E-state index in [0.717, 1.165) is 25.3 Å².